The van der Waals surface area contributed by atoms with Gasteiger partial charge >= 0.3 is 0 Å². The first-order valence-electron chi connectivity index (χ1n) is 12.5. The molecule has 0 aliphatic rings. The first-order valence-corrected chi connectivity index (χ1v) is 12.5. The van der Waals surface area contributed by atoms with Crippen molar-refractivity contribution in [2.75, 3.05) is 11.9 Å². The van der Waals surface area contributed by atoms with Gasteiger partial charge in [0.05, 0.1) is 12.6 Å². The van der Waals surface area contributed by atoms with Gasteiger partial charge in [-0.2, -0.15) is 0 Å². The van der Waals surface area contributed by atoms with Gasteiger partial charge in [-0.15, -0.1) is 0 Å². The Morgan fingerprint density at radius 3 is 1.98 bits per heavy atom. The molecule has 204 valence electrons. The molecule has 0 aromatic heterocycles. The number of amides is 3. The Morgan fingerprint density at radius 2 is 1.43 bits per heavy atom. The van der Waals surface area contributed by atoms with Gasteiger partial charge in [-0.3, -0.25) is 19.6 Å². The van der Waals surface area contributed by atoms with Gasteiger partial charge in [-0.1, -0.05) is 41.7 Å². The molecule has 2 unspecified atom stereocenters. The van der Waals surface area contributed by atoms with Crippen LogP contribution in [-0.4, -0.2) is 46.7 Å². The van der Waals surface area contributed by atoms with Crippen molar-refractivity contribution in [1.82, 2.24) is 16.1 Å². The standard InChI is InChI=1S/C31H30N4O5/c1-21-7-9-25(10-8-21)19-32-20-28(37)33-27-17-13-24(14-18-27)6-4-3-5-23-11-15-26(16-12-23)30(38)34-29(22(2)36)31(39)35-40/h7-18,22,29,32,36,40H,19-20H2,1-2H3,(H,33,37)(H,34,38)(H,35,39). The van der Waals surface area contributed by atoms with E-state index in [9.17, 15) is 19.5 Å². The number of aliphatic hydroxyl groups is 1. The Labute approximate surface area is 233 Å². The molecule has 0 saturated carbocycles. The lowest BCUT2D eigenvalue weighted by atomic mass is 10.1. The van der Waals surface area contributed by atoms with Gasteiger partial charge in [0.25, 0.3) is 11.8 Å². The summed E-state index contributed by atoms with van der Waals surface area (Å²) in [6.45, 7) is 4.15. The number of anilines is 1. The summed E-state index contributed by atoms with van der Waals surface area (Å²) in [7, 11) is 0. The second kappa shape index (κ2) is 14.9. The highest BCUT2D eigenvalue weighted by molar-refractivity contribution is 5.97. The van der Waals surface area contributed by atoms with Crippen LogP contribution in [0.5, 0.6) is 0 Å². The van der Waals surface area contributed by atoms with Crippen molar-refractivity contribution in [2.45, 2.75) is 32.5 Å². The van der Waals surface area contributed by atoms with E-state index < -0.39 is 24.0 Å². The summed E-state index contributed by atoms with van der Waals surface area (Å²) in [6.07, 6.45) is -1.20. The zero-order chi connectivity index (χ0) is 28.9. The van der Waals surface area contributed by atoms with Crippen LogP contribution in [-0.2, 0) is 16.1 Å². The maximum absolute atomic E-state index is 12.3. The van der Waals surface area contributed by atoms with E-state index in [1.165, 1.54) is 30.1 Å². The molecule has 6 N–H and O–H groups in total. The zero-order valence-corrected chi connectivity index (χ0v) is 22.1. The van der Waals surface area contributed by atoms with Crippen molar-refractivity contribution in [3.05, 3.63) is 101 Å². The summed E-state index contributed by atoms with van der Waals surface area (Å²) in [5.41, 5.74) is 5.99. The van der Waals surface area contributed by atoms with Crippen LogP contribution in [0.25, 0.3) is 0 Å². The molecule has 3 aromatic carbocycles. The van der Waals surface area contributed by atoms with E-state index in [-0.39, 0.29) is 18.0 Å². The van der Waals surface area contributed by atoms with E-state index in [2.05, 4.69) is 39.6 Å². The Morgan fingerprint density at radius 1 is 0.850 bits per heavy atom. The fourth-order valence-corrected chi connectivity index (χ4v) is 3.48. The molecule has 9 heteroatoms. The molecule has 0 spiro atoms. The van der Waals surface area contributed by atoms with Crippen molar-refractivity contribution in [2.24, 2.45) is 0 Å². The predicted molar refractivity (Wildman–Crippen MR) is 151 cm³/mol. The van der Waals surface area contributed by atoms with E-state index in [0.717, 1.165) is 11.1 Å². The van der Waals surface area contributed by atoms with Gasteiger partial charge in [0.2, 0.25) is 5.91 Å². The summed E-state index contributed by atoms with van der Waals surface area (Å²) in [4.78, 5) is 36.1. The predicted octanol–water partition coefficient (Wildman–Crippen LogP) is 2.11. The molecular weight excluding hydrogens is 508 g/mol. The van der Waals surface area contributed by atoms with Crippen molar-refractivity contribution in [1.29, 1.82) is 0 Å². The quantitative estimate of drug-likeness (QED) is 0.140. The van der Waals surface area contributed by atoms with Crippen LogP contribution >= 0.6 is 0 Å². The topological polar surface area (TPSA) is 140 Å². The Kier molecular flexibility index (Phi) is 11.0. The highest BCUT2D eigenvalue weighted by atomic mass is 16.5. The number of rotatable bonds is 9. The molecule has 0 heterocycles. The second-order valence-electron chi connectivity index (χ2n) is 8.96. The number of hydrogen-bond donors (Lipinski definition) is 6. The number of hydroxylamine groups is 1. The van der Waals surface area contributed by atoms with Crippen LogP contribution in [0.15, 0.2) is 72.8 Å². The van der Waals surface area contributed by atoms with Gasteiger partial charge in [0, 0.05) is 28.9 Å². The Hall–Kier alpha value is -4.93. The molecule has 0 radical (unpaired) electrons. The highest BCUT2D eigenvalue weighted by Gasteiger charge is 2.25. The maximum Gasteiger partial charge on any atom is 0.268 e. The lowest BCUT2D eigenvalue weighted by Gasteiger charge is -2.19. The van der Waals surface area contributed by atoms with Crippen LogP contribution < -0.4 is 21.4 Å². The smallest absolute Gasteiger partial charge is 0.268 e. The lowest BCUT2D eigenvalue weighted by Crippen LogP contribution is -2.51. The largest absolute Gasteiger partial charge is 0.391 e. The first-order chi connectivity index (χ1) is 19.2. The van der Waals surface area contributed by atoms with E-state index in [1.54, 1.807) is 36.4 Å². The van der Waals surface area contributed by atoms with Crippen LogP contribution in [0, 0.1) is 30.6 Å². The summed E-state index contributed by atoms with van der Waals surface area (Å²) in [5, 5.41) is 26.7. The fourth-order valence-electron chi connectivity index (χ4n) is 3.48. The Balaban J connectivity index is 1.47. The number of carbonyl (C=O) groups is 3. The highest BCUT2D eigenvalue weighted by Crippen LogP contribution is 2.09. The molecule has 0 aliphatic carbocycles. The fraction of sp³-hybridized carbons (Fsp3) is 0.194. The van der Waals surface area contributed by atoms with Crippen molar-refractivity contribution >= 4 is 23.4 Å². The normalized spacial score (nSPS) is 11.5. The third-order valence-corrected chi connectivity index (χ3v) is 5.69. The van der Waals surface area contributed by atoms with Gasteiger partial charge in [0.1, 0.15) is 6.04 Å². The number of aliphatic hydroxyl groups excluding tert-OH is 1. The molecule has 0 saturated heterocycles. The average molecular weight is 539 g/mol. The van der Waals surface area contributed by atoms with Crippen LogP contribution in [0.2, 0.25) is 0 Å². The molecule has 9 nitrogen and oxygen atoms in total. The minimum Gasteiger partial charge on any atom is -0.391 e. The van der Waals surface area contributed by atoms with Crippen molar-refractivity contribution in [3.8, 4) is 23.7 Å². The molecule has 3 rings (SSSR count). The number of benzene rings is 3. The van der Waals surface area contributed by atoms with E-state index in [0.29, 0.717) is 17.8 Å². The minimum absolute atomic E-state index is 0.140. The maximum atomic E-state index is 12.3. The molecule has 3 aromatic rings. The van der Waals surface area contributed by atoms with Crippen molar-refractivity contribution in [3.63, 3.8) is 0 Å². The summed E-state index contributed by atoms with van der Waals surface area (Å²) >= 11 is 0. The Bertz CT molecular complexity index is 1440. The SMILES string of the molecule is Cc1ccc(CNCC(=O)Nc2ccc(C#CC#Cc3ccc(C(=O)NC(C(=O)NO)C(C)O)cc3)cc2)cc1. The van der Waals surface area contributed by atoms with E-state index >= 15 is 0 Å². The third-order valence-electron chi connectivity index (χ3n) is 5.69. The van der Waals surface area contributed by atoms with Gasteiger partial charge in [0.15, 0.2) is 0 Å². The van der Waals surface area contributed by atoms with Gasteiger partial charge in [-0.25, -0.2) is 5.48 Å². The van der Waals surface area contributed by atoms with E-state index in [4.69, 9.17) is 5.21 Å². The van der Waals surface area contributed by atoms with Gasteiger partial charge < -0.3 is 21.1 Å². The monoisotopic (exact) mass is 538 g/mol. The van der Waals surface area contributed by atoms with Crippen LogP contribution in [0.1, 0.15) is 39.5 Å². The lowest BCUT2D eigenvalue weighted by molar-refractivity contribution is -0.133. The third kappa shape index (κ3) is 9.43. The summed E-state index contributed by atoms with van der Waals surface area (Å²) in [5.74, 6) is 9.68. The molecule has 0 aliphatic heterocycles. The van der Waals surface area contributed by atoms with Gasteiger partial charge in [-0.05, 0) is 79.8 Å². The molecule has 40 heavy (non-hydrogen) atoms. The van der Waals surface area contributed by atoms with Crippen molar-refractivity contribution < 1.29 is 24.7 Å². The second-order valence-corrected chi connectivity index (χ2v) is 8.96. The summed E-state index contributed by atoms with van der Waals surface area (Å²) < 4.78 is 0. The first kappa shape index (κ1) is 29.6. The molecule has 0 fully saturated rings. The average Bonchev–Trinajstić information content (AvgIpc) is 2.95. The zero-order valence-electron chi connectivity index (χ0n) is 22.1. The minimum atomic E-state index is -1.30. The molecule has 0 bridgehead atoms. The molecule has 2 atom stereocenters. The number of hydrogen-bond acceptors (Lipinski definition) is 6. The number of nitrogens with one attached hydrogen (secondary N) is 4. The molecular formula is C31H30N4O5. The van der Waals surface area contributed by atoms with Crippen LogP contribution in [0.3, 0.4) is 0 Å². The number of carbonyl (C=O) groups excluding carboxylic acids is 3. The number of aryl methyl sites for hydroxylation is 1. The molecule has 3 amide bonds. The van der Waals surface area contributed by atoms with E-state index in [1.807, 2.05) is 31.2 Å². The summed E-state index contributed by atoms with van der Waals surface area (Å²) in [6, 6.07) is 20.2. The van der Waals surface area contributed by atoms with Crippen LogP contribution in [0.4, 0.5) is 5.69 Å².